The molecule has 0 radical (unpaired) electrons. The third-order valence-corrected chi connectivity index (χ3v) is 5.12. The Balaban J connectivity index is 2.02. The molecule has 2 aromatic rings. The minimum atomic E-state index is -0.764. The van der Waals surface area contributed by atoms with Crippen LogP contribution in [0.4, 0.5) is 0 Å². The Morgan fingerprint density at radius 1 is 1.17 bits per heavy atom. The quantitative estimate of drug-likeness (QED) is 0.721. The summed E-state index contributed by atoms with van der Waals surface area (Å²) in [7, 11) is 0. The van der Waals surface area contributed by atoms with Gasteiger partial charge in [0.25, 0.3) is 5.91 Å². The van der Waals surface area contributed by atoms with Gasteiger partial charge in [0.2, 0.25) is 0 Å². The molecule has 0 aliphatic carbocycles. The van der Waals surface area contributed by atoms with Crippen molar-refractivity contribution in [3.8, 4) is 0 Å². The number of benzene rings is 2. The number of hydrogen-bond donors (Lipinski definition) is 1. The molecule has 1 aliphatic heterocycles. The highest BCUT2D eigenvalue weighted by Gasteiger charge is 2.42. The summed E-state index contributed by atoms with van der Waals surface area (Å²) in [6, 6.07) is 13.6. The van der Waals surface area contributed by atoms with Gasteiger partial charge in [-0.15, -0.1) is 0 Å². The summed E-state index contributed by atoms with van der Waals surface area (Å²) in [5, 5.41) is 11.3. The van der Waals surface area contributed by atoms with Crippen molar-refractivity contribution in [3.05, 3.63) is 68.6 Å². The van der Waals surface area contributed by atoms with Gasteiger partial charge in [-0.3, -0.25) is 4.79 Å². The van der Waals surface area contributed by atoms with E-state index in [-0.39, 0.29) is 12.5 Å². The first-order valence-corrected chi connectivity index (χ1v) is 8.85. The third kappa shape index (κ3) is 3.17. The van der Waals surface area contributed by atoms with E-state index in [2.05, 4.69) is 31.9 Å². The number of carbonyl (C=O) groups is 2. The van der Waals surface area contributed by atoms with Crippen LogP contribution in [0.15, 0.2) is 57.5 Å². The van der Waals surface area contributed by atoms with Gasteiger partial charge >= 0.3 is 0 Å². The first-order chi connectivity index (χ1) is 11.5. The van der Waals surface area contributed by atoms with Gasteiger partial charge in [-0.1, -0.05) is 40.2 Å². The number of hydrogen-bond acceptors (Lipinski definition) is 4. The van der Waals surface area contributed by atoms with Crippen LogP contribution in [0.3, 0.4) is 0 Å². The normalized spacial score (nSPS) is 21.0. The minimum absolute atomic E-state index is 0.122. The zero-order valence-corrected chi connectivity index (χ0v) is 15.6. The number of hydroxylamine groups is 2. The van der Waals surface area contributed by atoms with Crippen LogP contribution >= 0.6 is 31.9 Å². The third-order valence-electron chi connectivity index (χ3n) is 3.94. The van der Waals surface area contributed by atoms with Crippen molar-refractivity contribution in [3.63, 3.8) is 0 Å². The van der Waals surface area contributed by atoms with Crippen molar-refractivity contribution in [1.29, 1.82) is 0 Å². The molecule has 5 nitrogen and oxygen atoms in total. The number of aldehydes is 1. The Hall–Kier alpha value is -1.54. The van der Waals surface area contributed by atoms with E-state index in [0.29, 0.717) is 16.3 Å². The maximum atomic E-state index is 13.0. The van der Waals surface area contributed by atoms with Gasteiger partial charge in [0, 0.05) is 15.5 Å². The molecule has 7 heteroatoms. The van der Waals surface area contributed by atoms with Crippen LogP contribution in [0.25, 0.3) is 0 Å². The topological polar surface area (TPSA) is 60.9 Å². The fourth-order valence-electron chi connectivity index (χ4n) is 2.80. The molecule has 1 N–H and O–H groups in total. The van der Waals surface area contributed by atoms with E-state index >= 15 is 0 Å². The molecule has 3 rings (SSSR count). The number of nitrogens with zero attached hydrogens (tertiary/aromatic N) is 2. The molecule has 1 saturated heterocycles. The van der Waals surface area contributed by atoms with Gasteiger partial charge in [-0.05, 0) is 45.8 Å². The average Bonchev–Trinajstić information content (AvgIpc) is 2.91. The lowest BCUT2D eigenvalue weighted by Crippen LogP contribution is -2.34. The smallest absolute Gasteiger partial charge is 0.256 e. The molecule has 2 atom stereocenters. The van der Waals surface area contributed by atoms with Gasteiger partial charge in [0.1, 0.15) is 18.5 Å². The van der Waals surface area contributed by atoms with Crippen LogP contribution in [0.2, 0.25) is 0 Å². The first-order valence-electron chi connectivity index (χ1n) is 7.26. The standard InChI is InChI=1S/C17H14Br2N2O3/c18-12-5-3-4-11(8-12)16-20(9-13(10-22)21(16)24)17(23)14-6-1-2-7-15(14)19/h1-8,10,13,16,24H,9H2. The van der Waals surface area contributed by atoms with Crippen LogP contribution in [0.1, 0.15) is 22.1 Å². The zero-order valence-electron chi connectivity index (χ0n) is 12.5. The van der Waals surface area contributed by atoms with Gasteiger partial charge < -0.3 is 14.9 Å². The lowest BCUT2D eigenvalue weighted by Gasteiger charge is -2.27. The number of rotatable bonds is 3. The Labute approximate surface area is 156 Å². The molecule has 24 heavy (non-hydrogen) atoms. The average molecular weight is 454 g/mol. The van der Waals surface area contributed by atoms with E-state index in [1.165, 1.54) is 4.90 Å². The maximum Gasteiger partial charge on any atom is 0.256 e. The maximum absolute atomic E-state index is 13.0. The Bertz CT molecular complexity index is 784. The van der Waals surface area contributed by atoms with Crippen LogP contribution < -0.4 is 0 Å². The molecule has 0 bridgehead atoms. The van der Waals surface area contributed by atoms with Crippen LogP contribution in [-0.2, 0) is 4.79 Å². The van der Waals surface area contributed by atoms with E-state index < -0.39 is 12.2 Å². The van der Waals surface area contributed by atoms with Crippen LogP contribution in [0, 0.1) is 0 Å². The monoisotopic (exact) mass is 452 g/mol. The van der Waals surface area contributed by atoms with Crippen molar-refractivity contribution in [2.45, 2.75) is 12.2 Å². The van der Waals surface area contributed by atoms with Gasteiger partial charge in [0.05, 0.1) is 5.56 Å². The molecule has 0 aromatic heterocycles. The summed E-state index contributed by atoms with van der Waals surface area (Å²) < 4.78 is 1.50. The molecule has 2 unspecified atom stereocenters. The molecule has 1 fully saturated rings. The molecule has 1 aliphatic rings. The second-order valence-corrected chi connectivity index (χ2v) is 7.22. The van der Waals surface area contributed by atoms with Crippen molar-refractivity contribution < 1.29 is 14.8 Å². The largest absolute Gasteiger partial charge is 0.315 e. The molecular weight excluding hydrogens is 440 g/mol. The second kappa shape index (κ2) is 7.14. The summed E-state index contributed by atoms with van der Waals surface area (Å²) >= 11 is 6.77. The van der Waals surface area contributed by atoms with Crippen molar-refractivity contribution in [2.24, 2.45) is 0 Å². The van der Waals surface area contributed by atoms with Gasteiger partial charge in [0.15, 0.2) is 0 Å². The number of halogens is 2. The highest BCUT2D eigenvalue weighted by Crippen LogP contribution is 2.34. The molecule has 0 saturated carbocycles. The molecule has 124 valence electrons. The SMILES string of the molecule is O=CC1CN(C(=O)c2ccccc2Br)C(c2cccc(Br)c2)N1O. The number of carbonyl (C=O) groups excluding carboxylic acids is 2. The molecule has 0 spiro atoms. The Morgan fingerprint density at radius 2 is 1.92 bits per heavy atom. The minimum Gasteiger partial charge on any atom is -0.315 e. The van der Waals surface area contributed by atoms with E-state index in [1.54, 1.807) is 18.2 Å². The summed E-state index contributed by atoms with van der Waals surface area (Å²) in [4.78, 5) is 25.7. The Morgan fingerprint density at radius 3 is 2.58 bits per heavy atom. The van der Waals surface area contributed by atoms with E-state index in [0.717, 1.165) is 15.1 Å². The summed E-state index contributed by atoms with van der Waals surface area (Å²) in [6.07, 6.45) is -0.0736. The highest BCUT2D eigenvalue weighted by atomic mass is 79.9. The highest BCUT2D eigenvalue weighted by molar-refractivity contribution is 9.10. The Kier molecular flexibility index (Phi) is 5.15. The predicted molar refractivity (Wildman–Crippen MR) is 95.5 cm³/mol. The van der Waals surface area contributed by atoms with E-state index in [1.807, 2.05) is 30.3 Å². The molecule has 2 aromatic carbocycles. The zero-order chi connectivity index (χ0) is 17.3. The molecule has 1 amide bonds. The van der Waals surface area contributed by atoms with Crippen LogP contribution in [0.5, 0.6) is 0 Å². The van der Waals surface area contributed by atoms with Gasteiger partial charge in [-0.2, -0.15) is 5.06 Å². The van der Waals surface area contributed by atoms with Crippen molar-refractivity contribution >= 4 is 44.1 Å². The van der Waals surface area contributed by atoms with Crippen molar-refractivity contribution in [2.75, 3.05) is 6.54 Å². The first kappa shape index (κ1) is 17.3. The van der Waals surface area contributed by atoms with E-state index in [4.69, 9.17) is 0 Å². The lowest BCUT2D eigenvalue weighted by atomic mass is 10.1. The van der Waals surface area contributed by atoms with Crippen molar-refractivity contribution in [1.82, 2.24) is 9.96 Å². The summed E-state index contributed by atoms with van der Waals surface area (Å²) in [5.41, 5.74) is 1.20. The van der Waals surface area contributed by atoms with Crippen LogP contribution in [-0.4, -0.2) is 40.0 Å². The number of amides is 1. The predicted octanol–water partition coefficient (Wildman–Crippen LogP) is 3.62. The molecule has 1 heterocycles. The summed E-state index contributed by atoms with van der Waals surface area (Å²) in [6.45, 7) is 0.122. The fraction of sp³-hybridized carbons (Fsp3) is 0.176. The van der Waals surface area contributed by atoms with E-state index in [9.17, 15) is 14.8 Å². The molecular formula is C17H14Br2N2O3. The fourth-order valence-corrected chi connectivity index (χ4v) is 3.67. The lowest BCUT2D eigenvalue weighted by molar-refractivity contribution is -0.154. The second-order valence-electron chi connectivity index (χ2n) is 5.45. The van der Waals surface area contributed by atoms with Gasteiger partial charge in [-0.25, -0.2) is 0 Å². The summed E-state index contributed by atoms with van der Waals surface area (Å²) in [5.74, 6) is -0.254.